The fraction of sp³-hybridized carbons (Fsp3) is 0.375. The van der Waals surface area contributed by atoms with Gasteiger partial charge in [-0.3, -0.25) is 4.79 Å². The standard InChI is InChI=1S/C40H52N2O5/c1-7-11-15-26-44-32-24-22-31-23-25-36(47-29-18-14-10-4)37(33(31)30-32)42-40(5,6)39(43)41-38-34(45-27-16-12-8-2)20-19-21-35(38)46-28-17-13-9-3/h7-10,19-25,30,42H,1-4,11-18,26-29H2,5-6H3,(H,41,43). The maximum absolute atomic E-state index is 14.1. The molecular weight excluding hydrogens is 588 g/mol. The molecule has 2 N–H and O–H groups in total. The highest BCUT2D eigenvalue weighted by atomic mass is 16.5. The Bertz CT molecular complexity index is 1440. The Morgan fingerprint density at radius 3 is 1.64 bits per heavy atom. The molecule has 0 bridgehead atoms. The van der Waals surface area contributed by atoms with Crippen molar-refractivity contribution < 1.29 is 23.7 Å². The van der Waals surface area contributed by atoms with Gasteiger partial charge in [-0.1, -0.05) is 42.5 Å². The van der Waals surface area contributed by atoms with Crippen LogP contribution in [0.15, 0.2) is 99.2 Å². The van der Waals surface area contributed by atoms with E-state index in [2.05, 4.69) is 36.9 Å². The molecule has 7 nitrogen and oxygen atoms in total. The van der Waals surface area contributed by atoms with Crippen LogP contribution in [-0.2, 0) is 4.79 Å². The Balaban J connectivity index is 1.94. The minimum Gasteiger partial charge on any atom is -0.494 e. The third kappa shape index (κ3) is 11.6. The molecule has 3 aromatic carbocycles. The van der Waals surface area contributed by atoms with Crippen molar-refractivity contribution in [1.82, 2.24) is 0 Å². The highest BCUT2D eigenvalue weighted by Gasteiger charge is 2.31. The van der Waals surface area contributed by atoms with Crippen LogP contribution in [0.1, 0.15) is 65.2 Å². The van der Waals surface area contributed by atoms with Crippen LogP contribution >= 0.6 is 0 Å². The first-order valence-electron chi connectivity index (χ1n) is 16.6. The van der Waals surface area contributed by atoms with Gasteiger partial charge in [0.05, 0.1) is 32.1 Å². The van der Waals surface area contributed by atoms with Crippen LogP contribution in [0.4, 0.5) is 11.4 Å². The molecule has 0 unspecified atom stereocenters. The number of allylic oxidation sites excluding steroid dienone is 4. The molecule has 0 aliphatic heterocycles. The third-order valence-electron chi connectivity index (χ3n) is 7.44. The molecule has 0 saturated heterocycles. The topological polar surface area (TPSA) is 78.1 Å². The Morgan fingerprint density at radius 1 is 0.660 bits per heavy atom. The van der Waals surface area contributed by atoms with E-state index in [9.17, 15) is 4.79 Å². The molecule has 47 heavy (non-hydrogen) atoms. The number of fused-ring (bicyclic) bond motifs is 1. The minimum atomic E-state index is -1.08. The molecule has 0 radical (unpaired) electrons. The van der Waals surface area contributed by atoms with Gasteiger partial charge in [-0.25, -0.2) is 0 Å². The van der Waals surface area contributed by atoms with Crippen LogP contribution in [0.25, 0.3) is 10.8 Å². The maximum Gasteiger partial charge on any atom is 0.249 e. The van der Waals surface area contributed by atoms with Crippen molar-refractivity contribution in [2.24, 2.45) is 0 Å². The number of rotatable bonds is 24. The van der Waals surface area contributed by atoms with Crippen LogP contribution in [0.2, 0.25) is 0 Å². The number of carbonyl (C=O) groups is 1. The van der Waals surface area contributed by atoms with E-state index in [1.165, 1.54) is 0 Å². The van der Waals surface area contributed by atoms with Crippen molar-refractivity contribution in [3.63, 3.8) is 0 Å². The van der Waals surface area contributed by atoms with Crippen molar-refractivity contribution >= 4 is 28.1 Å². The van der Waals surface area contributed by atoms with Crippen LogP contribution < -0.4 is 29.6 Å². The molecule has 0 aliphatic carbocycles. The van der Waals surface area contributed by atoms with Crippen LogP contribution in [-0.4, -0.2) is 37.9 Å². The SMILES string of the molecule is C=CCCCOc1ccc2ccc(OCCCC=C)c(NC(C)(C)C(=O)Nc3c(OCCCC=C)cccc3OCCCC=C)c2c1. The number of carbonyl (C=O) groups excluding carboxylic acids is 1. The largest absolute Gasteiger partial charge is 0.494 e. The molecule has 0 atom stereocenters. The summed E-state index contributed by atoms with van der Waals surface area (Å²) in [6.07, 6.45) is 14.2. The van der Waals surface area contributed by atoms with Gasteiger partial charge >= 0.3 is 0 Å². The van der Waals surface area contributed by atoms with Gasteiger partial charge in [0, 0.05) is 5.39 Å². The fourth-order valence-electron chi connectivity index (χ4n) is 4.78. The Kier molecular flexibility index (Phi) is 15.5. The normalized spacial score (nSPS) is 10.9. The summed E-state index contributed by atoms with van der Waals surface area (Å²) in [5, 5.41) is 8.54. The van der Waals surface area contributed by atoms with Gasteiger partial charge in [-0.05, 0) is 101 Å². The lowest BCUT2D eigenvalue weighted by molar-refractivity contribution is -0.119. The predicted molar refractivity (Wildman–Crippen MR) is 196 cm³/mol. The van der Waals surface area contributed by atoms with E-state index in [1.54, 1.807) is 0 Å². The first-order chi connectivity index (χ1) is 22.8. The zero-order valence-electron chi connectivity index (χ0n) is 28.3. The quantitative estimate of drug-likeness (QED) is 0.0750. The van der Waals surface area contributed by atoms with Crippen molar-refractivity contribution in [3.05, 3.63) is 99.2 Å². The zero-order chi connectivity index (χ0) is 33.9. The average Bonchev–Trinajstić information content (AvgIpc) is 3.07. The van der Waals surface area contributed by atoms with Crippen molar-refractivity contribution in [3.8, 4) is 23.0 Å². The van der Waals surface area contributed by atoms with E-state index in [1.807, 2.05) is 86.7 Å². The lowest BCUT2D eigenvalue weighted by Gasteiger charge is -2.29. The van der Waals surface area contributed by atoms with Crippen molar-refractivity contribution in [2.75, 3.05) is 37.1 Å². The van der Waals surface area contributed by atoms with E-state index in [0.29, 0.717) is 55.1 Å². The Hall–Kier alpha value is -4.65. The number of unbranched alkanes of at least 4 members (excludes halogenated alkanes) is 4. The third-order valence-corrected chi connectivity index (χ3v) is 7.44. The highest BCUT2D eigenvalue weighted by Crippen LogP contribution is 2.39. The van der Waals surface area contributed by atoms with Crippen LogP contribution in [0.5, 0.6) is 23.0 Å². The van der Waals surface area contributed by atoms with Crippen LogP contribution in [0, 0.1) is 0 Å². The molecule has 7 heteroatoms. The number of amides is 1. The number of para-hydroxylation sites is 1. The molecule has 0 aliphatic rings. The Labute approximate surface area is 281 Å². The van der Waals surface area contributed by atoms with E-state index >= 15 is 0 Å². The number of hydrogen-bond donors (Lipinski definition) is 2. The summed E-state index contributed by atoms with van der Waals surface area (Å²) >= 11 is 0. The van der Waals surface area contributed by atoms with Crippen LogP contribution in [0.3, 0.4) is 0 Å². The first kappa shape index (κ1) is 36.8. The first-order valence-corrected chi connectivity index (χ1v) is 16.6. The second kappa shape index (κ2) is 19.8. The van der Waals surface area contributed by atoms with Gasteiger partial charge < -0.3 is 29.6 Å². The molecule has 0 fully saturated rings. The molecule has 3 aromatic rings. The molecule has 1 amide bonds. The number of nitrogens with one attached hydrogen (secondary N) is 2. The van der Waals surface area contributed by atoms with E-state index in [-0.39, 0.29) is 5.91 Å². The molecular formula is C40H52N2O5. The minimum absolute atomic E-state index is 0.262. The van der Waals surface area contributed by atoms with Gasteiger partial charge in [0.2, 0.25) is 5.91 Å². The van der Waals surface area contributed by atoms with Gasteiger partial charge in [0.25, 0.3) is 0 Å². The highest BCUT2D eigenvalue weighted by molar-refractivity contribution is 6.05. The summed E-state index contributed by atoms with van der Waals surface area (Å²) in [4.78, 5) is 14.1. The summed E-state index contributed by atoms with van der Waals surface area (Å²) < 4.78 is 24.5. The smallest absolute Gasteiger partial charge is 0.249 e. The second-order valence-electron chi connectivity index (χ2n) is 11.8. The van der Waals surface area contributed by atoms with Gasteiger partial charge in [-0.15, -0.1) is 26.3 Å². The van der Waals surface area contributed by atoms with Gasteiger partial charge in [-0.2, -0.15) is 0 Å². The fourth-order valence-corrected chi connectivity index (χ4v) is 4.78. The lowest BCUT2D eigenvalue weighted by Crippen LogP contribution is -2.44. The summed E-state index contributed by atoms with van der Waals surface area (Å²) in [6, 6.07) is 15.5. The zero-order valence-corrected chi connectivity index (χ0v) is 28.3. The van der Waals surface area contributed by atoms with E-state index < -0.39 is 5.54 Å². The second-order valence-corrected chi connectivity index (χ2v) is 11.8. The number of hydrogen-bond acceptors (Lipinski definition) is 6. The van der Waals surface area contributed by atoms with E-state index in [4.69, 9.17) is 18.9 Å². The summed E-state index contributed by atoms with van der Waals surface area (Å²) in [6.45, 7) is 20.9. The number of benzene rings is 3. The predicted octanol–water partition coefficient (Wildman–Crippen LogP) is 10.0. The lowest BCUT2D eigenvalue weighted by atomic mass is 10.0. The monoisotopic (exact) mass is 640 g/mol. The molecule has 0 saturated carbocycles. The molecule has 252 valence electrons. The number of anilines is 2. The summed E-state index contributed by atoms with van der Waals surface area (Å²) in [5.74, 6) is 2.24. The molecule has 3 rings (SSSR count). The summed E-state index contributed by atoms with van der Waals surface area (Å²) in [5.41, 5.74) is 0.135. The van der Waals surface area contributed by atoms with Gasteiger partial charge in [0.1, 0.15) is 34.2 Å². The maximum atomic E-state index is 14.1. The van der Waals surface area contributed by atoms with E-state index in [0.717, 1.165) is 67.9 Å². The van der Waals surface area contributed by atoms with Crippen molar-refractivity contribution in [2.45, 2.75) is 70.8 Å². The average molecular weight is 641 g/mol. The molecule has 0 heterocycles. The van der Waals surface area contributed by atoms with Gasteiger partial charge in [0.15, 0.2) is 0 Å². The van der Waals surface area contributed by atoms with Crippen molar-refractivity contribution in [1.29, 1.82) is 0 Å². The molecule has 0 aromatic heterocycles. The molecule has 0 spiro atoms. The summed E-state index contributed by atoms with van der Waals surface area (Å²) in [7, 11) is 0. The Morgan fingerprint density at radius 2 is 1.13 bits per heavy atom. The number of ether oxygens (including phenoxy) is 4.